The zero-order valence-electron chi connectivity index (χ0n) is 39.5. The topological polar surface area (TPSA) is 227 Å². The van der Waals surface area contributed by atoms with Crippen molar-refractivity contribution in [3.63, 3.8) is 0 Å². The first-order valence-corrected chi connectivity index (χ1v) is 24.6. The van der Waals surface area contributed by atoms with E-state index in [0.29, 0.717) is 70.4 Å². The lowest BCUT2D eigenvalue weighted by Gasteiger charge is -2.34. The van der Waals surface area contributed by atoms with Gasteiger partial charge in [-0.3, -0.25) is 9.97 Å². The first-order valence-electron chi connectivity index (χ1n) is 21.6. The number of pyridine rings is 4. The van der Waals surface area contributed by atoms with Crippen molar-refractivity contribution in [3.8, 4) is 33.8 Å². The second kappa shape index (κ2) is 20.1. The summed E-state index contributed by atoms with van der Waals surface area (Å²) in [5, 5.41) is 26.1. The van der Waals surface area contributed by atoms with Crippen LogP contribution in [0.15, 0.2) is 107 Å². The molecule has 0 radical (unpaired) electrons. The highest BCUT2D eigenvalue weighted by Gasteiger charge is 2.31. The first-order chi connectivity index (χ1) is 31.4. The molecule has 67 heavy (non-hydrogen) atoms. The van der Waals surface area contributed by atoms with E-state index < -0.39 is 36.9 Å². The molecule has 2 aromatic carbocycles. The molecule has 7 rings (SSSR count). The Kier molecular flexibility index (Phi) is 15.1. The SMILES string of the molecule is Cc1ncc(CNc2ccc(-c3ccccc3S(=O)(=O)NC(C)(C)C)cn2)c(CO)c1O.Cc1ncc(CNc2ccc(-c3ccccc3S(=O)(=O)NC(C)(C)C)cn2)c2c1OC(C)(C)OC2. The highest BCUT2D eigenvalue weighted by Crippen LogP contribution is 2.36. The number of hydrogen-bond donors (Lipinski definition) is 6. The standard InChI is InChI=1S/C26H32N4O4S.C23H28N4O4S/c1-17-24-21(16-33-26(5,6)34-24)19(14-27-17)15-29-23-12-11-18(13-28-23)20-9-7-8-10-22(20)35(31,32)30-25(2,3)4;1-15-22(29)19(14-28)17(12-24-15)13-26-21-10-9-16(11-25-21)18-7-5-6-8-20(18)32(30,31)27-23(2,3)4/h7-14,30H,15-16H2,1-6H3,(H,28,29);5-12,27-29H,13-14H2,1-4H3,(H,25,26). The molecule has 0 spiro atoms. The fourth-order valence-electron chi connectivity index (χ4n) is 7.14. The van der Waals surface area contributed by atoms with Gasteiger partial charge in [-0.05, 0) is 103 Å². The van der Waals surface area contributed by atoms with E-state index >= 15 is 0 Å². The lowest BCUT2D eigenvalue weighted by Crippen LogP contribution is -2.40. The summed E-state index contributed by atoms with van der Waals surface area (Å²) in [6, 6.07) is 20.9. The second-order valence-corrected chi connectivity index (χ2v) is 21.9. The van der Waals surface area contributed by atoms with Crippen LogP contribution < -0.4 is 24.8 Å². The molecule has 0 fully saturated rings. The molecule has 356 valence electrons. The molecule has 0 atom stereocenters. The van der Waals surface area contributed by atoms with E-state index in [4.69, 9.17) is 9.47 Å². The van der Waals surface area contributed by atoms with Crippen LogP contribution in [0.1, 0.15) is 89.0 Å². The zero-order chi connectivity index (χ0) is 49.0. The van der Waals surface area contributed by atoms with E-state index in [-0.39, 0.29) is 22.1 Å². The van der Waals surface area contributed by atoms with Crippen molar-refractivity contribution >= 4 is 31.7 Å². The summed E-state index contributed by atoms with van der Waals surface area (Å²) >= 11 is 0. The summed E-state index contributed by atoms with van der Waals surface area (Å²) in [7, 11) is -7.41. The van der Waals surface area contributed by atoms with Gasteiger partial charge in [-0.25, -0.2) is 36.2 Å². The Labute approximate surface area is 393 Å². The first kappa shape index (κ1) is 50.4. The molecule has 0 aliphatic carbocycles. The van der Waals surface area contributed by atoms with Gasteiger partial charge in [0.05, 0.1) is 34.4 Å². The molecule has 6 N–H and O–H groups in total. The summed E-state index contributed by atoms with van der Waals surface area (Å²) in [6.45, 7) is 19.1. The van der Waals surface area contributed by atoms with Crippen LogP contribution in [-0.2, 0) is 51.1 Å². The molecular formula is C49H60N8O8S2. The van der Waals surface area contributed by atoms with Crippen molar-refractivity contribution in [1.29, 1.82) is 0 Å². The molecule has 5 heterocycles. The van der Waals surface area contributed by atoms with Crippen molar-refractivity contribution in [2.45, 2.75) is 122 Å². The third-order valence-electron chi connectivity index (χ3n) is 10.2. The van der Waals surface area contributed by atoms with E-state index in [1.54, 1.807) is 101 Å². The average molecular weight is 953 g/mol. The molecule has 18 heteroatoms. The van der Waals surface area contributed by atoms with Crippen LogP contribution in [0.25, 0.3) is 22.3 Å². The zero-order valence-corrected chi connectivity index (χ0v) is 41.1. The van der Waals surface area contributed by atoms with Crippen molar-refractivity contribution in [2.24, 2.45) is 0 Å². The number of nitrogens with zero attached hydrogens (tertiary/aromatic N) is 4. The number of ether oxygens (including phenoxy) is 2. The summed E-state index contributed by atoms with van der Waals surface area (Å²) < 4.78 is 69.0. The number of sulfonamides is 2. The summed E-state index contributed by atoms with van der Waals surface area (Å²) in [5.74, 6) is 1.29. The van der Waals surface area contributed by atoms with Gasteiger partial charge in [0.25, 0.3) is 0 Å². The van der Waals surface area contributed by atoms with Crippen LogP contribution in [-0.4, -0.2) is 63.8 Å². The van der Waals surface area contributed by atoms with Gasteiger partial charge in [0, 0.05) is 96.2 Å². The van der Waals surface area contributed by atoms with E-state index in [2.05, 4.69) is 40.0 Å². The third kappa shape index (κ3) is 12.9. The molecule has 16 nitrogen and oxygen atoms in total. The van der Waals surface area contributed by atoms with Crippen molar-refractivity contribution < 1.29 is 36.5 Å². The molecule has 1 aliphatic rings. The highest BCUT2D eigenvalue weighted by atomic mass is 32.2. The number of aromatic nitrogens is 4. The fourth-order valence-corrected chi connectivity index (χ4v) is 10.4. The summed E-state index contributed by atoms with van der Waals surface area (Å²) in [4.78, 5) is 17.9. The second-order valence-electron chi connectivity index (χ2n) is 18.6. The fraction of sp³-hybridized carbons (Fsp3) is 0.347. The monoisotopic (exact) mass is 952 g/mol. The minimum atomic E-state index is -3.72. The number of hydrogen-bond acceptors (Lipinski definition) is 14. The van der Waals surface area contributed by atoms with Crippen LogP contribution in [0.2, 0.25) is 0 Å². The lowest BCUT2D eigenvalue weighted by atomic mass is 10.1. The molecule has 0 unspecified atom stereocenters. The maximum Gasteiger partial charge on any atom is 0.241 e. The molecule has 0 amide bonds. The Morgan fingerprint density at radius 2 is 1.10 bits per heavy atom. The largest absolute Gasteiger partial charge is 0.506 e. The van der Waals surface area contributed by atoms with Gasteiger partial charge in [-0.1, -0.05) is 36.4 Å². The van der Waals surface area contributed by atoms with E-state index in [1.165, 1.54) is 0 Å². The minimum absolute atomic E-state index is 0.0169. The number of aryl methyl sites for hydroxylation is 2. The highest BCUT2D eigenvalue weighted by molar-refractivity contribution is 7.90. The molecule has 4 aromatic heterocycles. The van der Waals surface area contributed by atoms with E-state index in [1.807, 2.05) is 65.9 Å². The van der Waals surface area contributed by atoms with E-state index in [0.717, 1.165) is 22.6 Å². The van der Waals surface area contributed by atoms with Crippen LogP contribution in [0.5, 0.6) is 11.5 Å². The normalized spacial score (nSPS) is 13.7. The maximum absolute atomic E-state index is 13.0. The molecule has 0 bridgehead atoms. The van der Waals surface area contributed by atoms with Gasteiger partial charge in [0.15, 0.2) is 0 Å². The molecule has 0 saturated heterocycles. The summed E-state index contributed by atoms with van der Waals surface area (Å²) in [6.07, 6.45) is 6.70. The average Bonchev–Trinajstić information content (AvgIpc) is 3.25. The maximum atomic E-state index is 13.0. The van der Waals surface area contributed by atoms with Crippen molar-refractivity contribution in [3.05, 3.63) is 131 Å². The molecule has 6 aromatic rings. The number of aromatic hydroxyl groups is 1. The number of rotatable bonds is 13. The Morgan fingerprint density at radius 3 is 1.57 bits per heavy atom. The van der Waals surface area contributed by atoms with Gasteiger partial charge >= 0.3 is 0 Å². The van der Waals surface area contributed by atoms with Crippen LogP contribution in [0.3, 0.4) is 0 Å². The summed E-state index contributed by atoms with van der Waals surface area (Å²) in [5.41, 5.74) is 5.64. The quantitative estimate of drug-likeness (QED) is 0.0643. The van der Waals surface area contributed by atoms with Crippen molar-refractivity contribution in [2.75, 3.05) is 10.6 Å². The van der Waals surface area contributed by atoms with Gasteiger partial charge in [-0.2, -0.15) is 0 Å². The number of aliphatic hydroxyl groups is 1. The van der Waals surface area contributed by atoms with Crippen LogP contribution >= 0.6 is 0 Å². The van der Waals surface area contributed by atoms with Crippen LogP contribution in [0.4, 0.5) is 11.6 Å². The minimum Gasteiger partial charge on any atom is -0.506 e. The Morgan fingerprint density at radius 1 is 0.642 bits per heavy atom. The lowest BCUT2D eigenvalue weighted by molar-refractivity contribution is -0.180. The Balaban J connectivity index is 0.000000222. The predicted octanol–water partition coefficient (Wildman–Crippen LogP) is 8.12. The number of anilines is 2. The number of nitrogens with one attached hydrogen (secondary N) is 4. The van der Waals surface area contributed by atoms with E-state index in [9.17, 15) is 27.0 Å². The molecule has 1 aliphatic heterocycles. The van der Waals surface area contributed by atoms with Gasteiger partial charge in [0.1, 0.15) is 23.1 Å². The predicted molar refractivity (Wildman–Crippen MR) is 259 cm³/mol. The van der Waals surface area contributed by atoms with Gasteiger partial charge in [0.2, 0.25) is 25.8 Å². The Bertz CT molecular complexity index is 2930. The molecule has 0 saturated carbocycles. The van der Waals surface area contributed by atoms with Gasteiger partial charge in [-0.15, -0.1) is 0 Å². The Hall–Kier alpha value is -6.02. The number of benzene rings is 2. The van der Waals surface area contributed by atoms with Crippen LogP contribution in [0, 0.1) is 13.8 Å². The smallest absolute Gasteiger partial charge is 0.241 e. The van der Waals surface area contributed by atoms with Gasteiger partial charge < -0.3 is 30.3 Å². The number of fused-ring (bicyclic) bond motifs is 1. The molecular weight excluding hydrogens is 893 g/mol. The van der Waals surface area contributed by atoms with Crippen molar-refractivity contribution in [1.82, 2.24) is 29.4 Å². The number of aliphatic hydroxyl groups excluding tert-OH is 1. The third-order valence-corrected chi connectivity index (χ3v) is 13.8.